The number of ether oxygens (including phenoxy) is 2. The van der Waals surface area contributed by atoms with Crippen molar-refractivity contribution in [2.45, 2.75) is 86.7 Å². The van der Waals surface area contributed by atoms with Crippen LogP contribution in [0, 0.1) is 40.4 Å². The Morgan fingerprint density at radius 3 is 1.88 bits per heavy atom. The fourth-order valence-corrected chi connectivity index (χ4v) is 5.84. The van der Waals surface area contributed by atoms with Gasteiger partial charge in [-0.15, -0.1) is 0 Å². The van der Waals surface area contributed by atoms with Crippen molar-refractivity contribution >= 4 is 11.9 Å². The number of halogens is 6. The van der Waals surface area contributed by atoms with Crippen LogP contribution in [0.3, 0.4) is 0 Å². The predicted octanol–water partition coefficient (Wildman–Crippen LogP) is 6.57. The van der Waals surface area contributed by atoms with Crippen molar-refractivity contribution in [1.82, 2.24) is 0 Å². The largest absolute Gasteiger partial charge is 0.453 e. The van der Waals surface area contributed by atoms with Crippen molar-refractivity contribution < 1.29 is 45.4 Å². The summed E-state index contributed by atoms with van der Waals surface area (Å²) in [5.74, 6) is -2.42. The molecule has 10 heteroatoms. The van der Waals surface area contributed by atoms with Crippen LogP contribution in [0.5, 0.6) is 0 Å². The Balaban J connectivity index is 0.00000265. The average molecular weight is 491 g/mol. The summed E-state index contributed by atoms with van der Waals surface area (Å²) >= 11 is 0. The average Bonchev–Trinajstić information content (AvgIpc) is 3.04. The Labute approximate surface area is 191 Å². The van der Waals surface area contributed by atoms with E-state index >= 15 is 0 Å². The molecule has 4 nitrogen and oxygen atoms in total. The maximum atomic E-state index is 12.6. The standard InChI is InChI=1S/C21H30F6O4.C2H6/c1-10-15(18(2,3)4)11-7-12(13(8-11)19(10,5)6)16(29)30-9-14(28)31-17(20(22,23)24)21(25,26)27;1-2/h10-13,15,17H,7-9H2,1-6H3;1-2H3. The lowest BCUT2D eigenvalue weighted by atomic mass is 9.53. The Morgan fingerprint density at radius 2 is 1.45 bits per heavy atom. The molecular formula is C23H36F6O4. The van der Waals surface area contributed by atoms with Crippen molar-refractivity contribution in [3.8, 4) is 0 Å². The van der Waals surface area contributed by atoms with Gasteiger partial charge < -0.3 is 9.47 Å². The van der Waals surface area contributed by atoms with E-state index in [9.17, 15) is 35.9 Å². The summed E-state index contributed by atoms with van der Waals surface area (Å²) in [5.41, 5.74) is -0.230. The highest BCUT2D eigenvalue weighted by Gasteiger charge is 2.61. The van der Waals surface area contributed by atoms with Crippen molar-refractivity contribution in [1.29, 1.82) is 0 Å². The Morgan fingerprint density at radius 1 is 0.970 bits per heavy atom. The number of carbonyl (C=O) groups excluding carboxylic acids is 2. The molecule has 0 aromatic heterocycles. The summed E-state index contributed by atoms with van der Waals surface area (Å²) in [6.45, 7) is 15.4. The minimum atomic E-state index is -5.82. The van der Waals surface area contributed by atoms with Gasteiger partial charge in [0.2, 0.25) is 0 Å². The zero-order chi connectivity index (χ0) is 26.2. The molecule has 2 fully saturated rings. The third-order valence-electron chi connectivity index (χ3n) is 7.25. The van der Waals surface area contributed by atoms with E-state index in [1.807, 2.05) is 13.8 Å². The SMILES string of the molecule is CC.CC1C(C(C)(C)C)C2CC(C(=O)OCC(=O)OC(C(F)(F)F)C(F)(F)F)C(C2)C1(C)C. The number of esters is 2. The third-order valence-corrected chi connectivity index (χ3v) is 7.25. The lowest BCUT2D eigenvalue weighted by Crippen LogP contribution is -2.47. The summed E-state index contributed by atoms with van der Waals surface area (Å²) in [5, 5.41) is 0. The van der Waals surface area contributed by atoms with Gasteiger partial charge in [-0.25, -0.2) is 4.79 Å². The molecule has 0 aromatic carbocycles. The number of hydrogen-bond donors (Lipinski definition) is 0. The first kappa shape index (κ1) is 29.6. The molecule has 0 saturated heterocycles. The molecular weight excluding hydrogens is 454 g/mol. The maximum absolute atomic E-state index is 12.6. The lowest BCUT2D eigenvalue weighted by molar-refractivity contribution is -0.313. The molecule has 0 aromatic rings. The smallest absolute Gasteiger partial charge is 0.434 e. The molecule has 2 saturated carbocycles. The fourth-order valence-electron chi connectivity index (χ4n) is 5.84. The van der Waals surface area contributed by atoms with Crippen LogP contribution >= 0.6 is 0 Å². The molecule has 0 amide bonds. The van der Waals surface area contributed by atoms with Crippen LogP contribution in [0.25, 0.3) is 0 Å². The minimum absolute atomic E-state index is 0.000867. The second kappa shape index (κ2) is 10.0. The zero-order valence-electron chi connectivity index (χ0n) is 20.5. The van der Waals surface area contributed by atoms with E-state index in [0.29, 0.717) is 18.3 Å². The van der Waals surface area contributed by atoms with Gasteiger partial charge in [-0.1, -0.05) is 55.4 Å². The number of rotatable bonds is 4. The van der Waals surface area contributed by atoms with Gasteiger partial charge >= 0.3 is 24.3 Å². The highest BCUT2D eigenvalue weighted by Crippen LogP contribution is 2.63. The van der Waals surface area contributed by atoms with Crippen LogP contribution in [0.4, 0.5) is 26.3 Å². The van der Waals surface area contributed by atoms with E-state index in [1.54, 1.807) is 0 Å². The van der Waals surface area contributed by atoms with Crippen molar-refractivity contribution in [2.75, 3.05) is 6.61 Å². The second-order valence-corrected chi connectivity index (χ2v) is 10.5. The maximum Gasteiger partial charge on any atom is 0.434 e. The summed E-state index contributed by atoms with van der Waals surface area (Å²) in [6, 6.07) is 0. The molecule has 2 aliphatic rings. The topological polar surface area (TPSA) is 52.6 Å². The summed E-state index contributed by atoms with van der Waals surface area (Å²) in [6.07, 6.45) is -14.6. The monoisotopic (exact) mass is 490 g/mol. The molecule has 0 spiro atoms. The molecule has 2 bridgehead atoms. The van der Waals surface area contributed by atoms with E-state index in [-0.39, 0.29) is 22.7 Å². The van der Waals surface area contributed by atoms with Gasteiger partial charge in [0.15, 0.2) is 6.61 Å². The molecule has 2 aliphatic carbocycles. The Hall–Kier alpha value is -1.48. The van der Waals surface area contributed by atoms with Gasteiger partial charge in [0, 0.05) is 0 Å². The molecule has 33 heavy (non-hydrogen) atoms. The number of alkyl halides is 6. The van der Waals surface area contributed by atoms with Gasteiger partial charge in [-0.2, -0.15) is 26.3 Å². The quantitative estimate of drug-likeness (QED) is 0.330. The van der Waals surface area contributed by atoms with E-state index in [4.69, 9.17) is 4.74 Å². The van der Waals surface area contributed by atoms with Gasteiger partial charge in [0.1, 0.15) is 0 Å². The number of fused-ring (bicyclic) bond motifs is 2. The van der Waals surface area contributed by atoms with E-state index in [0.717, 1.165) is 6.42 Å². The zero-order valence-corrected chi connectivity index (χ0v) is 20.5. The van der Waals surface area contributed by atoms with Crippen molar-refractivity contribution in [3.63, 3.8) is 0 Å². The molecule has 0 aliphatic heterocycles. The summed E-state index contributed by atoms with van der Waals surface area (Å²) in [7, 11) is 0. The van der Waals surface area contributed by atoms with E-state index < -0.39 is 42.9 Å². The van der Waals surface area contributed by atoms with Gasteiger partial charge in [0.05, 0.1) is 5.92 Å². The second-order valence-electron chi connectivity index (χ2n) is 10.5. The minimum Gasteiger partial charge on any atom is -0.453 e. The van der Waals surface area contributed by atoms with Crippen LogP contribution in [0.15, 0.2) is 0 Å². The molecule has 0 radical (unpaired) electrons. The first-order chi connectivity index (χ1) is 14.8. The lowest BCUT2D eigenvalue weighted by Gasteiger charge is -2.52. The van der Waals surface area contributed by atoms with Crippen LogP contribution in [-0.2, 0) is 19.1 Å². The third kappa shape index (κ3) is 6.56. The highest BCUT2D eigenvalue weighted by molar-refractivity contribution is 5.78. The normalized spacial score (nSPS) is 29.2. The van der Waals surface area contributed by atoms with Crippen LogP contribution in [0.1, 0.15) is 68.2 Å². The molecule has 0 heterocycles. The molecule has 5 atom stereocenters. The van der Waals surface area contributed by atoms with Gasteiger partial charge in [-0.3, -0.25) is 4.79 Å². The molecule has 5 unspecified atom stereocenters. The van der Waals surface area contributed by atoms with Crippen molar-refractivity contribution in [3.05, 3.63) is 0 Å². The molecule has 0 N–H and O–H groups in total. The Bertz CT molecular complexity index is 679. The summed E-state index contributed by atoms with van der Waals surface area (Å²) < 4.78 is 83.5. The van der Waals surface area contributed by atoms with Crippen LogP contribution in [0.2, 0.25) is 0 Å². The van der Waals surface area contributed by atoms with Gasteiger partial charge in [0.25, 0.3) is 6.10 Å². The Kier molecular flexibility index (Phi) is 8.97. The molecule has 2 rings (SSSR count). The molecule has 194 valence electrons. The van der Waals surface area contributed by atoms with Gasteiger partial charge in [-0.05, 0) is 47.3 Å². The number of carbonyl (C=O) groups is 2. The van der Waals surface area contributed by atoms with Crippen molar-refractivity contribution in [2.24, 2.45) is 40.4 Å². The predicted molar refractivity (Wildman–Crippen MR) is 110 cm³/mol. The van der Waals surface area contributed by atoms with E-state index in [1.165, 1.54) is 0 Å². The first-order valence-corrected chi connectivity index (χ1v) is 11.3. The number of hydrogen-bond acceptors (Lipinski definition) is 4. The van der Waals surface area contributed by atoms with Crippen LogP contribution < -0.4 is 0 Å². The fraction of sp³-hybridized carbons (Fsp3) is 0.913. The first-order valence-electron chi connectivity index (χ1n) is 11.3. The highest BCUT2D eigenvalue weighted by atomic mass is 19.4. The van der Waals surface area contributed by atoms with Crippen LogP contribution in [-0.4, -0.2) is 37.0 Å². The summed E-state index contributed by atoms with van der Waals surface area (Å²) in [4.78, 5) is 24.2. The van der Waals surface area contributed by atoms with E-state index in [2.05, 4.69) is 46.3 Å².